The number of halogens is 1. The normalized spacial score (nSPS) is 11.1. The molecule has 0 aliphatic carbocycles. The molecule has 34 heavy (non-hydrogen) atoms. The Morgan fingerprint density at radius 1 is 1.06 bits per heavy atom. The molecule has 5 rings (SSSR count). The van der Waals surface area contributed by atoms with Crippen LogP contribution in [0.5, 0.6) is 0 Å². The molecule has 3 heterocycles. The standard InChI is InChI=1S/C22H15ClN6O4S/c23-16-8-6-14(7-9-16)21-25-26-22(28(21)12-18-5-2-10-32-18)34-13-19-24-20(27-33-19)15-3-1-4-17(11-15)29(30)31/h1-11H,12-13H2. The molecule has 0 saturated heterocycles. The van der Waals surface area contributed by atoms with Gasteiger partial charge in [-0.1, -0.05) is 40.7 Å². The zero-order valence-corrected chi connectivity index (χ0v) is 18.9. The van der Waals surface area contributed by atoms with Gasteiger partial charge in [0, 0.05) is 28.3 Å². The molecule has 0 radical (unpaired) electrons. The van der Waals surface area contributed by atoms with Gasteiger partial charge in [-0.2, -0.15) is 4.98 Å². The molecular weight excluding hydrogens is 480 g/mol. The molecule has 0 aliphatic heterocycles. The van der Waals surface area contributed by atoms with Gasteiger partial charge in [0.05, 0.1) is 23.5 Å². The third-order valence-corrected chi connectivity index (χ3v) is 6.02. The average molecular weight is 495 g/mol. The van der Waals surface area contributed by atoms with Gasteiger partial charge in [0.25, 0.3) is 5.69 Å². The van der Waals surface area contributed by atoms with Crippen molar-refractivity contribution in [2.24, 2.45) is 0 Å². The van der Waals surface area contributed by atoms with Crippen molar-refractivity contribution in [2.45, 2.75) is 17.5 Å². The van der Waals surface area contributed by atoms with Gasteiger partial charge in [-0.05, 0) is 36.4 Å². The number of nitrogens with zero attached hydrogens (tertiary/aromatic N) is 6. The fourth-order valence-electron chi connectivity index (χ4n) is 3.22. The molecule has 5 aromatic rings. The summed E-state index contributed by atoms with van der Waals surface area (Å²) in [7, 11) is 0. The van der Waals surface area contributed by atoms with Crippen LogP contribution in [0.25, 0.3) is 22.8 Å². The lowest BCUT2D eigenvalue weighted by Gasteiger charge is -2.08. The van der Waals surface area contributed by atoms with Crippen molar-refractivity contribution in [1.82, 2.24) is 24.9 Å². The summed E-state index contributed by atoms with van der Waals surface area (Å²) in [6.45, 7) is 0.434. The van der Waals surface area contributed by atoms with Gasteiger partial charge in [0.15, 0.2) is 11.0 Å². The van der Waals surface area contributed by atoms with Crippen LogP contribution in [0.4, 0.5) is 5.69 Å². The molecule has 170 valence electrons. The molecule has 0 aliphatic rings. The summed E-state index contributed by atoms with van der Waals surface area (Å²) >= 11 is 7.40. The second kappa shape index (κ2) is 9.49. The third kappa shape index (κ3) is 4.70. The molecule has 2 aromatic carbocycles. The van der Waals surface area contributed by atoms with E-state index >= 15 is 0 Å². The SMILES string of the molecule is O=[N+]([O-])c1cccc(-c2noc(CSc3nnc(-c4ccc(Cl)cc4)n3Cc3ccco3)n2)c1. The van der Waals surface area contributed by atoms with Crippen LogP contribution in [-0.2, 0) is 12.3 Å². The lowest BCUT2D eigenvalue weighted by atomic mass is 10.2. The van der Waals surface area contributed by atoms with Crippen LogP contribution >= 0.6 is 23.4 Å². The highest BCUT2D eigenvalue weighted by Gasteiger charge is 2.18. The van der Waals surface area contributed by atoms with E-state index in [2.05, 4.69) is 20.3 Å². The van der Waals surface area contributed by atoms with Crippen LogP contribution in [0.2, 0.25) is 5.02 Å². The van der Waals surface area contributed by atoms with E-state index < -0.39 is 4.92 Å². The molecular formula is C22H15ClN6O4S. The summed E-state index contributed by atoms with van der Waals surface area (Å²) in [4.78, 5) is 14.9. The lowest BCUT2D eigenvalue weighted by molar-refractivity contribution is -0.384. The Kier molecular flexibility index (Phi) is 6.11. The first-order chi connectivity index (χ1) is 16.6. The quantitative estimate of drug-likeness (QED) is 0.156. The van der Waals surface area contributed by atoms with E-state index in [-0.39, 0.29) is 11.5 Å². The van der Waals surface area contributed by atoms with Crippen molar-refractivity contribution >= 4 is 29.1 Å². The van der Waals surface area contributed by atoms with Crippen molar-refractivity contribution in [3.8, 4) is 22.8 Å². The van der Waals surface area contributed by atoms with Crippen LogP contribution in [-0.4, -0.2) is 29.8 Å². The van der Waals surface area contributed by atoms with Crippen molar-refractivity contribution in [1.29, 1.82) is 0 Å². The van der Waals surface area contributed by atoms with E-state index in [1.807, 2.05) is 28.8 Å². The highest BCUT2D eigenvalue weighted by molar-refractivity contribution is 7.98. The molecule has 0 atom stereocenters. The van der Waals surface area contributed by atoms with Crippen LogP contribution in [0, 0.1) is 10.1 Å². The molecule has 10 nitrogen and oxygen atoms in total. The van der Waals surface area contributed by atoms with Gasteiger partial charge < -0.3 is 8.94 Å². The largest absolute Gasteiger partial charge is 0.467 e. The van der Waals surface area contributed by atoms with Gasteiger partial charge in [0.2, 0.25) is 11.7 Å². The zero-order valence-electron chi connectivity index (χ0n) is 17.4. The number of nitro benzene ring substituents is 1. The maximum Gasteiger partial charge on any atom is 0.270 e. The number of benzene rings is 2. The Labute approximate surface area is 201 Å². The summed E-state index contributed by atoms with van der Waals surface area (Å²) in [5.74, 6) is 2.38. The van der Waals surface area contributed by atoms with Crippen molar-refractivity contribution in [2.75, 3.05) is 0 Å². The summed E-state index contributed by atoms with van der Waals surface area (Å²) < 4.78 is 12.8. The Morgan fingerprint density at radius 2 is 1.91 bits per heavy atom. The molecule has 0 fully saturated rings. The Hall–Kier alpha value is -3.96. The van der Waals surface area contributed by atoms with E-state index in [4.69, 9.17) is 20.5 Å². The number of aromatic nitrogens is 5. The van der Waals surface area contributed by atoms with Gasteiger partial charge in [-0.15, -0.1) is 10.2 Å². The summed E-state index contributed by atoms with van der Waals surface area (Å²) in [5.41, 5.74) is 1.32. The summed E-state index contributed by atoms with van der Waals surface area (Å²) in [6.07, 6.45) is 1.61. The molecule has 3 aromatic heterocycles. The molecule has 0 N–H and O–H groups in total. The van der Waals surface area contributed by atoms with E-state index in [1.165, 1.54) is 23.9 Å². The maximum atomic E-state index is 11.0. The lowest BCUT2D eigenvalue weighted by Crippen LogP contribution is -2.03. The van der Waals surface area contributed by atoms with Gasteiger partial charge in [-0.25, -0.2) is 0 Å². The first kappa shape index (κ1) is 21.9. The van der Waals surface area contributed by atoms with Crippen molar-refractivity contribution < 1.29 is 13.9 Å². The summed E-state index contributed by atoms with van der Waals surface area (Å²) in [6, 6.07) is 17.1. The molecule has 0 unspecified atom stereocenters. The Balaban J connectivity index is 1.38. The van der Waals surface area contributed by atoms with E-state index in [0.29, 0.717) is 39.8 Å². The van der Waals surface area contributed by atoms with E-state index in [9.17, 15) is 10.1 Å². The number of hydrogen-bond donors (Lipinski definition) is 0. The number of furan rings is 1. The minimum absolute atomic E-state index is 0.0426. The first-order valence-electron chi connectivity index (χ1n) is 9.98. The van der Waals surface area contributed by atoms with Crippen LogP contribution in [0.1, 0.15) is 11.7 Å². The predicted octanol–water partition coefficient (Wildman–Crippen LogP) is 5.49. The van der Waals surface area contributed by atoms with Crippen LogP contribution in [0.3, 0.4) is 0 Å². The number of hydrogen-bond acceptors (Lipinski definition) is 9. The van der Waals surface area contributed by atoms with Gasteiger partial charge in [0.1, 0.15) is 5.76 Å². The molecule has 0 spiro atoms. The minimum Gasteiger partial charge on any atom is -0.467 e. The fraction of sp³-hybridized carbons (Fsp3) is 0.0909. The number of nitro groups is 1. The topological polar surface area (TPSA) is 126 Å². The monoisotopic (exact) mass is 494 g/mol. The molecule has 0 saturated carbocycles. The predicted molar refractivity (Wildman–Crippen MR) is 124 cm³/mol. The van der Waals surface area contributed by atoms with E-state index in [1.54, 1.807) is 30.5 Å². The average Bonchev–Trinajstić information content (AvgIpc) is 3.61. The smallest absolute Gasteiger partial charge is 0.270 e. The maximum absolute atomic E-state index is 11.0. The Bertz CT molecular complexity index is 1430. The van der Waals surface area contributed by atoms with Crippen LogP contribution < -0.4 is 0 Å². The number of non-ortho nitro benzene ring substituents is 1. The summed E-state index contributed by atoms with van der Waals surface area (Å²) in [5, 5.41) is 25.0. The second-order valence-corrected chi connectivity index (χ2v) is 8.47. The molecule has 0 bridgehead atoms. The van der Waals surface area contributed by atoms with Crippen molar-refractivity contribution in [3.63, 3.8) is 0 Å². The van der Waals surface area contributed by atoms with Crippen molar-refractivity contribution in [3.05, 3.63) is 93.7 Å². The first-order valence-corrected chi connectivity index (χ1v) is 11.3. The highest BCUT2D eigenvalue weighted by Crippen LogP contribution is 2.29. The minimum atomic E-state index is -0.468. The highest BCUT2D eigenvalue weighted by atomic mass is 35.5. The van der Waals surface area contributed by atoms with Gasteiger partial charge in [-0.3, -0.25) is 14.7 Å². The second-order valence-electron chi connectivity index (χ2n) is 7.09. The van der Waals surface area contributed by atoms with E-state index in [0.717, 1.165) is 11.3 Å². The number of rotatable bonds is 8. The van der Waals surface area contributed by atoms with Crippen LogP contribution in [0.15, 0.2) is 81.0 Å². The molecule has 12 heteroatoms. The van der Waals surface area contributed by atoms with Gasteiger partial charge >= 0.3 is 0 Å². The zero-order chi connectivity index (χ0) is 23.5. The Morgan fingerprint density at radius 3 is 2.68 bits per heavy atom. The third-order valence-electron chi connectivity index (χ3n) is 4.82. The fourth-order valence-corrected chi connectivity index (χ4v) is 4.13. The molecule has 0 amide bonds. The number of thioether (sulfide) groups is 1.